The Balaban J connectivity index is 2.37. The van der Waals surface area contributed by atoms with Crippen molar-refractivity contribution in [3.63, 3.8) is 0 Å². The van der Waals surface area contributed by atoms with E-state index in [2.05, 4.69) is 94.5 Å². The van der Waals surface area contributed by atoms with Gasteiger partial charge in [0.15, 0.2) is 0 Å². The summed E-state index contributed by atoms with van der Waals surface area (Å²) in [4.78, 5) is 4.63. The van der Waals surface area contributed by atoms with E-state index in [-0.39, 0.29) is 0 Å². The Bertz CT molecular complexity index is 900. The zero-order valence-electron chi connectivity index (χ0n) is 17.7. The summed E-state index contributed by atoms with van der Waals surface area (Å²) in [5.41, 5.74) is 8.18. The summed E-state index contributed by atoms with van der Waals surface area (Å²) < 4.78 is 2.10. The van der Waals surface area contributed by atoms with Gasteiger partial charge in [0.25, 0.3) is 0 Å². The van der Waals surface area contributed by atoms with Gasteiger partial charge in [-0.1, -0.05) is 77.9 Å². The topological polar surface area (TPSA) is 17.8 Å². The SMILES string of the molecule is CC(C)c1cc(C(C)C)c(-c2ccccc2-c2nccn2C)c(C(C)C)c1. The quantitative estimate of drug-likeness (QED) is 0.473. The van der Waals surface area contributed by atoms with Crippen LogP contribution in [0.25, 0.3) is 22.5 Å². The van der Waals surface area contributed by atoms with Crippen LogP contribution in [0.15, 0.2) is 48.8 Å². The first-order valence-electron chi connectivity index (χ1n) is 10.1. The van der Waals surface area contributed by atoms with Crippen molar-refractivity contribution < 1.29 is 0 Å². The summed E-state index contributed by atoms with van der Waals surface area (Å²) in [7, 11) is 2.06. The highest BCUT2D eigenvalue weighted by atomic mass is 15.0. The van der Waals surface area contributed by atoms with Crippen molar-refractivity contribution >= 4 is 0 Å². The molecule has 0 unspecified atom stereocenters. The number of imidazole rings is 1. The van der Waals surface area contributed by atoms with E-state index in [9.17, 15) is 0 Å². The van der Waals surface area contributed by atoms with Crippen molar-refractivity contribution in [3.05, 3.63) is 65.5 Å². The number of benzene rings is 2. The molecular formula is C25H32N2. The first-order valence-corrected chi connectivity index (χ1v) is 10.1. The Labute approximate surface area is 164 Å². The van der Waals surface area contributed by atoms with Crippen molar-refractivity contribution in [2.75, 3.05) is 0 Å². The van der Waals surface area contributed by atoms with E-state index in [0.717, 1.165) is 5.82 Å². The van der Waals surface area contributed by atoms with E-state index in [4.69, 9.17) is 0 Å². The lowest BCUT2D eigenvalue weighted by molar-refractivity contribution is 0.807. The highest BCUT2D eigenvalue weighted by Gasteiger charge is 2.21. The number of hydrogen-bond acceptors (Lipinski definition) is 1. The van der Waals surface area contributed by atoms with Gasteiger partial charge in [-0.15, -0.1) is 0 Å². The molecule has 2 aromatic carbocycles. The minimum atomic E-state index is 0.464. The van der Waals surface area contributed by atoms with Crippen molar-refractivity contribution in [3.8, 4) is 22.5 Å². The lowest BCUT2D eigenvalue weighted by atomic mass is 9.80. The third-order valence-electron chi connectivity index (χ3n) is 5.39. The fourth-order valence-corrected chi connectivity index (χ4v) is 3.79. The van der Waals surface area contributed by atoms with Crippen LogP contribution in [0, 0.1) is 0 Å². The first kappa shape index (κ1) is 19.4. The van der Waals surface area contributed by atoms with E-state index in [1.165, 1.54) is 33.4 Å². The van der Waals surface area contributed by atoms with Crippen LogP contribution < -0.4 is 0 Å². The van der Waals surface area contributed by atoms with Gasteiger partial charge >= 0.3 is 0 Å². The summed E-state index contributed by atoms with van der Waals surface area (Å²) in [6.07, 6.45) is 3.89. The number of aromatic nitrogens is 2. The molecule has 0 aliphatic rings. The molecule has 3 aromatic rings. The lowest BCUT2D eigenvalue weighted by Gasteiger charge is -2.24. The standard InChI is InChI=1S/C25H32N2/c1-16(2)19-14-22(17(3)4)24(23(15-19)18(5)6)20-10-8-9-11-21(20)25-26-12-13-27(25)7/h8-18H,1-7H3. The highest BCUT2D eigenvalue weighted by Crippen LogP contribution is 2.42. The lowest BCUT2D eigenvalue weighted by Crippen LogP contribution is -2.05. The molecule has 0 aliphatic heterocycles. The van der Waals surface area contributed by atoms with Gasteiger partial charge in [0.2, 0.25) is 0 Å². The molecule has 0 bridgehead atoms. The Morgan fingerprint density at radius 1 is 0.778 bits per heavy atom. The van der Waals surface area contributed by atoms with Crippen LogP contribution in [0.5, 0.6) is 0 Å². The van der Waals surface area contributed by atoms with Crippen molar-refractivity contribution in [1.29, 1.82) is 0 Å². The van der Waals surface area contributed by atoms with E-state index in [0.29, 0.717) is 17.8 Å². The van der Waals surface area contributed by atoms with Gasteiger partial charge in [-0.2, -0.15) is 0 Å². The average molecular weight is 361 g/mol. The molecule has 0 saturated heterocycles. The molecule has 0 spiro atoms. The molecule has 3 rings (SSSR count). The van der Waals surface area contributed by atoms with Gasteiger partial charge in [-0.05, 0) is 45.6 Å². The Morgan fingerprint density at radius 3 is 1.78 bits per heavy atom. The van der Waals surface area contributed by atoms with Gasteiger partial charge in [0.05, 0.1) is 0 Å². The molecule has 2 heteroatoms. The van der Waals surface area contributed by atoms with Crippen LogP contribution in [0.3, 0.4) is 0 Å². The molecular weight excluding hydrogens is 328 g/mol. The van der Waals surface area contributed by atoms with Crippen LogP contribution in [0.1, 0.15) is 76.0 Å². The van der Waals surface area contributed by atoms with Crippen LogP contribution in [-0.2, 0) is 7.05 Å². The summed E-state index contributed by atoms with van der Waals surface area (Å²) >= 11 is 0. The van der Waals surface area contributed by atoms with Gasteiger partial charge in [0, 0.05) is 25.0 Å². The predicted molar refractivity (Wildman–Crippen MR) is 116 cm³/mol. The minimum Gasteiger partial charge on any atom is -0.334 e. The van der Waals surface area contributed by atoms with Crippen molar-refractivity contribution in [1.82, 2.24) is 9.55 Å². The normalized spacial score (nSPS) is 11.8. The third-order valence-corrected chi connectivity index (χ3v) is 5.39. The van der Waals surface area contributed by atoms with Gasteiger partial charge in [-0.3, -0.25) is 0 Å². The molecule has 27 heavy (non-hydrogen) atoms. The van der Waals surface area contributed by atoms with Gasteiger partial charge in [0.1, 0.15) is 5.82 Å². The molecule has 142 valence electrons. The Hall–Kier alpha value is -2.35. The third kappa shape index (κ3) is 3.71. The van der Waals surface area contributed by atoms with E-state index >= 15 is 0 Å². The summed E-state index contributed by atoms with van der Waals surface area (Å²) in [5.74, 6) is 2.47. The highest BCUT2D eigenvalue weighted by molar-refractivity contribution is 5.85. The number of rotatable bonds is 5. The largest absolute Gasteiger partial charge is 0.334 e. The second-order valence-electron chi connectivity index (χ2n) is 8.45. The molecule has 0 saturated carbocycles. The molecule has 0 radical (unpaired) electrons. The van der Waals surface area contributed by atoms with Crippen LogP contribution in [0.4, 0.5) is 0 Å². The molecule has 1 aromatic heterocycles. The zero-order valence-corrected chi connectivity index (χ0v) is 17.7. The van der Waals surface area contributed by atoms with Crippen molar-refractivity contribution in [2.45, 2.75) is 59.3 Å². The molecule has 0 fully saturated rings. The molecule has 1 heterocycles. The van der Waals surface area contributed by atoms with E-state index in [1.807, 2.05) is 12.4 Å². The Morgan fingerprint density at radius 2 is 1.33 bits per heavy atom. The van der Waals surface area contributed by atoms with E-state index in [1.54, 1.807) is 0 Å². The smallest absolute Gasteiger partial charge is 0.140 e. The summed E-state index contributed by atoms with van der Waals surface area (Å²) in [6, 6.07) is 13.6. The average Bonchev–Trinajstić information content (AvgIpc) is 3.06. The minimum absolute atomic E-state index is 0.464. The van der Waals surface area contributed by atoms with E-state index < -0.39 is 0 Å². The monoisotopic (exact) mass is 360 g/mol. The number of hydrogen-bond donors (Lipinski definition) is 0. The van der Waals surface area contributed by atoms with Crippen LogP contribution in [0.2, 0.25) is 0 Å². The fourth-order valence-electron chi connectivity index (χ4n) is 3.79. The first-order chi connectivity index (χ1) is 12.8. The Kier molecular flexibility index (Phi) is 5.55. The maximum absolute atomic E-state index is 4.63. The number of nitrogens with zero attached hydrogens (tertiary/aromatic N) is 2. The number of aryl methyl sites for hydroxylation is 1. The zero-order chi connectivity index (χ0) is 19.7. The van der Waals surface area contributed by atoms with Crippen LogP contribution in [-0.4, -0.2) is 9.55 Å². The maximum atomic E-state index is 4.63. The second kappa shape index (κ2) is 7.72. The second-order valence-corrected chi connectivity index (χ2v) is 8.45. The van der Waals surface area contributed by atoms with Crippen molar-refractivity contribution in [2.24, 2.45) is 7.05 Å². The molecule has 2 nitrogen and oxygen atoms in total. The predicted octanol–water partition coefficient (Wildman–Crippen LogP) is 7.12. The molecule has 0 N–H and O–H groups in total. The maximum Gasteiger partial charge on any atom is 0.140 e. The summed E-state index contributed by atoms with van der Waals surface area (Å²) in [5, 5.41) is 0. The molecule has 0 aliphatic carbocycles. The fraction of sp³-hybridized carbons (Fsp3) is 0.400. The van der Waals surface area contributed by atoms with Gasteiger partial charge < -0.3 is 4.57 Å². The van der Waals surface area contributed by atoms with Gasteiger partial charge in [-0.25, -0.2) is 4.98 Å². The molecule has 0 atom stereocenters. The van der Waals surface area contributed by atoms with Crippen LogP contribution >= 0.6 is 0 Å². The summed E-state index contributed by atoms with van der Waals surface area (Å²) in [6.45, 7) is 13.8. The molecule has 0 amide bonds.